The van der Waals surface area contributed by atoms with Crippen LogP contribution in [0.25, 0.3) is 0 Å². The lowest BCUT2D eigenvalue weighted by atomic mass is 9.99. The Morgan fingerprint density at radius 2 is 2.12 bits per heavy atom. The van der Waals surface area contributed by atoms with E-state index in [2.05, 4.69) is 31.2 Å². The van der Waals surface area contributed by atoms with Crippen LogP contribution in [-0.2, 0) is 4.79 Å². The molecule has 0 spiro atoms. The largest absolute Gasteiger partial charge is 0.328 e. The molecule has 0 aromatic rings. The highest BCUT2D eigenvalue weighted by Gasteiger charge is 2.40. The Hall–Kier alpha value is -0.610. The molecule has 1 heterocycles. The van der Waals surface area contributed by atoms with Crippen molar-refractivity contribution in [2.24, 2.45) is 0 Å². The van der Waals surface area contributed by atoms with E-state index in [0.717, 1.165) is 32.4 Å². The SMILES string of the molecule is CCC1(C)NCN(CCCCN(C)C)C1=O. The van der Waals surface area contributed by atoms with Gasteiger partial charge < -0.3 is 9.80 Å². The molecule has 94 valence electrons. The molecule has 1 fully saturated rings. The molecule has 0 aromatic heterocycles. The first kappa shape index (κ1) is 13.5. The summed E-state index contributed by atoms with van der Waals surface area (Å²) in [4.78, 5) is 16.2. The van der Waals surface area contributed by atoms with Gasteiger partial charge in [0.25, 0.3) is 0 Å². The van der Waals surface area contributed by atoms with E-state index < -0.39 is 0 Å². The molecular weight excluding hydrogens is 202 g/mol. The molecule has 1 amide bonds. The van der Waals surface area contributed by atoms with Crippen LogP contribution >= 0.6 is 0 Å². The zero-order valence-electron chi connectivity index (χ0n) is 11.0. The summed E-state index contributed by atoms with van der Waals surface area (Å²) in [5, 5.41) is 3.30. The van der Waals surface area contributed by atoms with Crippen LogP contribution in [0.15, 0.2) is 0 Å². The number of rotatable bonds is 6. The van der Waals surface area contributed by atoms with Gasteiger partial charge in [0.2, 0.25) is 5.91 Å². The van der Waals surface area contributed by atoms with E-state index in [1.807, 2.05) is 11.8 Å². The summed E-state index contributed by atoms with van der Waals surface area (Å²) in [6.45, 7) is 6.75. The molecule has 1 N–H and O–H groups in total. The summed E-state index contributed by atoms with van der Waals surface area (Å²) in [6.07, 6.45) is 3.10. The Kier molecular flexibility index (Phi) is 4.74. The van der Waals surface area contributed by atoms with E-state index in [4.69, 9.17) is 0 Å². The number of unbranched alkanes of at least 4 members (excludes halogenated alkanes) is 1. The molecule has 1 aliphatic heterocycles. The van der Waals surface area contributed by atoms with E-state index in [0.29, 0.717) is 6.67 Å². The van der Waals surface area contributed by atoms with Crippen molar-refractivity contribution >= 4 is 5.91 Å². The third-order valence-electron chi connectivity index (χ3n) is 3.41. The van der Waals surface area contributed by atoms with E-state index >= 15 is 0 Å². The zero-order valence-corrected chi connectivity index (χ0v) is 11.0. The van der Waals surface area contributed by atoms with Gasteiger partial charge in [-0.3, -0.25) is 10.1 Å². The second-order valence-electron chi connectivity index (χ2n) is 5.10. The average Bonchev–Trinajstić information content (AvgIpc) is 2.53. The van der Waals surface area contributed by atoms with E-state index in [9.17, 15) is 4.79 Å². The van der Waals surface area contributed by atoms with Gasteiger partial charge in [-0.05, 0) is 46.8 Å². The van der Waals surface area contributed by atoms with Crippen LogP contribution in [0.5, 0.6) is 0 Å². The molecule has 0 aliphatic carbocycles. The van der Waals surface area contributed by atoms with Crippen molar-refractivity contribution in [3.05, 3.63) is 0 Å². The van der Waals surface area contributed by atoms with Crippen LogP contribution < -0.4 is 5.32 Å². The maximum atomic E-state index is 12.0. The minimum absolute atomic E-state index is 0.264. The molecule has 4 nitrogen and oxygen atoms in total. The van der Waals surface area contributed by atoms with Crippen molar-refractivity contribution in [2.45, 2.75) is 38.6 Å². The Morgan fingerprint density at radius 1 is 1.44 bits per heavy atom. The third kappa shape index (κ3) is 3.19. The normalized spacial score (nSPS) is 25.8. The monoisotopic (exact) mass is 227 g/mol. The number of hydrogen-bond donors (Lipinski definition) is 1. The minimum atomic E-state index is -0.318. The first-order chi connectivity index (χ1) is 7.49. The topological polar surface area (TPSA) is 35.6 Å². The van der Waals surface area contributed by atoms with Gasteiger partial charge in [-0.15, -0.1) is 0 Å². The van der Waals surface area contributed by atoms with E-state index in [1.54, 1.807) is 0 Å². The number of amides is 1. The van der Waals surface area contributed by atoms with Crippen molar-refractivity contribution in [1.29, 1.82) is 0 Å². The van der Waals surface area contributed by atoms with Gasteiger partial charge in [-0.1, -0.05) is 6.92 Å². The summed E-state index contributed by atoms with van der Waals surface area (Å²) in [5.41, 5.74) is -0.318. The minimum Gasteiger partial charge on any atom is -0.328 e. The fourth-order valence-electron chi connectivity index (χ4n) is 1.95. The van der Waals surface area contributed by atoms with Gasteiger partial charge in [0.05, 0.1) is 12.2 Å². The predicted octanol–water partition coefficient (Wildman–Crippen LogP) is 0.886. The van der Waals surface area contributed by atoms with Gasteiger partial charge >= 0.3 is 0 Å². The summed E-state index contributed by atoms with van der Waals surface area (Å²) >= 11 is 0. The van der Waals surface area contributed by atoms with Gasteiger partial charge in [0.15, 0.2) is 0 Å². The predicted molar refractivity (Wildman–Crippen MR) is 66.2 cm³/mol. The van der Waals surface area contributed by atoms with Crippen molar-refractivity contribution in [3.8, 4) is 0 Å². The number of carbonyl (C=O) groups excluding carboxylic acids is 1. The van der Waals surface area contributed by atoms with Gasteiger partial charge in [-0.2, -0.15) is 0 Å². The van der Waals surface area contributed by atoms with Crippen LogP contribution in [-0.4, -0.2) is 55.1 Å². The van der Waals surface area contributed by atoms with Crippen LogP contribution in [0.3, 0.4) is 0 Å². The quantitative estimate of drug-likeness (QED) is 0.684. The summed E-state index contributed by atoms with van der Waals surface area (Å²) in [7, 11) is 4.16. The van der Waals surface area contributed by atoms with Crippen molar-refractivity contribution < 1.29 is 4.79 Å². The second kappa shape index (κ2) is 5.64. The highest BCUT2D eigenvalue weighted by Crippen LogP contribution is 2.19. The molecule has 0 aromatic carbocycles. The molecule has 1 unspecified atom stereocenters. The lowest BCUT2D eigenvalue weighted by molar-refractivity contribution is -0.132. The maximum absolute atomic E-state index is 12.0. The Balaban J connectivity index is 2.27. The molecule has 1 rings (SSSR count). The van der Waals surface area contributed by atoms with Gasteiger partial charge in [0, 0.05) is 6.54 Å². The Labute approximate surface area is 99.0 Å². The molecule has 0 bridgehead atoms. The molecule has 1 aliphatic rings. The van der Waals surface area contributed by atoms with Crippen LogP contribution in [0, 0.1) is 0 Å². The zero-order chi connectivity index (χ0) is 12.2. The molecule has 0 saturated carbocycles. The number of carbonyl (C=O) groups is 1. The lowest BCUT2D eigenvalue weighted by Crippen LogP contribution is -2.43. The molecular formula is C12H25N3O. The highest BCUT2D eigenvalue weighted by molar-refractivity contribution is 5.87. The molecule has 4 heteroatoms. The standard InChI is InChI=1S/C12H25N3O/c1-5-12(2)11(16)15(10-13-12)9-7-6-8-14(3)4/h13H,5-10H2,1-4H3. The number of nitrogens with one attached hydrogen (secondary N) is 1. The average molecular weight is 227 g/mol. The first-order valence-electron chi connectivity index (χ1n) is 6.19. The second-order valence-corrected chi connectivity index (χ2v) is 5.10. The third-order valence-corrected chi connectivity index (χ3v) is 3.41. The van der Waals surface area contributed by atoms with Crippen LogP contribution in [0.1, 0.15) is 33.1 Å². The summed E-state index contributed by atoms with van der Waals surface area (Å²) in [6, 6.07) is 0. The smallest absolute Gasteiger partial charge is 0.243 e. The summed E-state index contributed by atoms with van der Waals surface area (Å²) in [5.74, 6) is 0.264. The fourth-order valence-corrected chi connectivity index (χ4v) is 1.95. The van der Waals surface area contributed by atoms with Crippen molar-refractivity contribution in [1.82, 2.24) is 15.1 Å². The Bertz CT molecular complexity index is 242. The maximum Gasteiger partial charge on any atom is 0.243 e. The van der Waals surface area contributed by atoms with Crippen LogP contribution in [0.2, 0.25) is 0 Å². The Morgan fingerprint density at radius 3 is 2.62 bits per heavy atom. The van der Waals surface area contributed by atoms with Gasteiger partial charge in [0.1, 0.15) is 0 Å². The lowest BCUT2D eigenvalue weighted by Gasteiger charge is -2.21. The molecule has 16 heavy (non-hydrogen) atoms. The first-order valence-corrected chi connectivity index (χ1v) is 6.19. The van der Waals surface area contributed by atoms with Crippen molar-refractivity contribution in [2.75, 3.05) is 33.9 Å². The van der Waals surface area contributed by atoms with Gasteiger partial charge in [-0.25, -0.2) is 0 Å². The van der Waals surface area contributed by atoms with Crippen molar-refractivity contribution in [3.63, 3.8) is 0 Å². The number of hydrogen-bond acceptors (Lipinski definition) is 3. The summed E-state index contributed by atoms with van der Waals surface area (Å²) < 4.78 is 0. The van der Waals surface area contributed by atoms with E-state index in [-0.39, 0.29) is 11.4 Å². The van der Waals surface area contributed by atoms with Crippen LogP contribution in [0.4, 0.5) is 0 Å². The molecule has 0 radical (unpaired) electrons. The molecule has 1 saturated heterocycles. The number of nitrogens with zero attached hydrogens (tertiary/aromatic N) is 2. The highest BCUT2D eigenvalue weighted by atomic mass is 16.2. The van der Waals surface area contributed by atoms with E-state index in [1.165, 1.54) is 0 Å². The fraction of sp³-hybridized carbons (Fsp3) is 0.917. The molecule has 1 atom stereocenters.